The SMILES string of the molecule is CCOCC(=O)CCCCN(CCc1ccccc1OCc1ccc(C(C)(CC)CI)cc1)C1CCCC2=C1C=CC(C(=O)OCC)C2. The summed E-state index contributed by atoms with van der Waals surface area (Å²) >= 11 is 2.49. The van der Waals surface area contributed by atoms with Crippen molar-refractivity contribution in [2.24, 2.45) is 5.92 Å². The highest BCUT2D eigenvalue weighted by Gasteiger charge is 2.32. The number of hydrogen-bond donors (Lipinski definition) is 0. The van der Waals surface area contributed by atoms with Crippen molar-refractivity contribution in [1.82, 2.24) is 4.90 Å². The van der Waals surface area contributed by atoms with Crippen LogP contribution in [0.5, 0.6) is 5.75 Å². The van der Waals surface area contributed by atoms with Crippen LogP contribution in [0.15, 0.2) is 71.8 Å². The molecule has 0 bridgehead atoms. The number of Topliss-reactive ketones (excluding diaryl/α,β-unsaturated/α-hetero) is 1. The minimum absolute atomic E-state index is 0.122. The van der Waals surface area contributed by atoms with Gasteiger partial charge in [-0.2, -0.15) is 0 Å². The quantitative estimate of drug-likeness (QED) is 0.0580. The standard InChI is InChI=1S/C41H56INO5/c1-5-41(4,30-42)35-21-18-31(19-22-35)28-48-39-17-9-8-13-32(39)24-26-43(25-11-10-15-36(44)29-46-6-2)38-16-12-14-33-27-34(20-23-37(33)38)40(45)47-7-3/h8-9,13,17-23,34,38H,5-7,10-12,14-16,24-30H2,1-4H3. The Hall–Kier alpha value is -2.49. The molecule has 2 aliphatic carbocycles. The Kier molecular flexibility index (Phi) is 15.7. The van der Waals surface area contributed by atoms with Gasteiger partial charge in [0.05, 0.1) is 12.5 Å². The first kappa shape index (κ1) is 38.3. The molecule has 3 unspecified atom stereocenters. The third-order valence-electron chi connectivity index (χ3n) is 10.1. The molecule has 6 nitrogen and oxygen atoms in total. The van der Waals surface area contributed by atoms with Crippen molar-refractivity contribution in [1.29, 1.82) is 0 Å². The molecule has 2 aliphatic rings. The second kappa shape index (κ2) is 19.6. The summed E-state index contributed by atoms with van der Waals surface area (Å²) < 4.78 is 18.2. The van der Waals surface area contributed by atoms with Crippen LogP contribution in [0.4, 0.5) is 0 Å². The molecule has 3 atom stereocenters. The molecule has 0 radical (unpaired) electrons. The maximum Gasteiger partial charge on any atom is 0.313 e. The lowest BCUT2D eigenvalue weighted by Crippen LogP contribution is -2.41. The van der Waals surface area contributed by atoms with Gasteiger partial charge in [0.15, 0.2) is 5.78 Å². The Labute approximate surface area is 302 Å². The summed E-state index contributed by atoms with van der Waals surface area (Å²) in [5.41, 5.74) is 6.74. The summed E-state index contributed by atoms with van der Waals surface area (Å²) in [6.07, 6.45) is 12.6. The van der Waals surface area contributed by atoms with Crippen LogP contribution >= 0.6 is 22.6 Å². The molecule has 0 fully saturated rings. The van der Waals surface area contributed by atoms with Gasteiger partial charge < -0.3 is 14.2 Å². The number of carbonyl (C=O) groups is 2. The van der Waals surface area contributed by atoms with Crippen molar-refractivity contribution in [3.63, 3.8) is 0 Å². The van der Waals surface area contributed by atoms with E-state index in [1.165, 1.54) is 27.8 Å². The number of nitrogens with zero attached hydrogens (tertiary/aromatic N) is 1. The third kappa shape index (κ3) is 10.8. The second-order valence-electron chi connectivity index (χ2n) is 13.4. The van der Waals surface area contributed by atoms with Gasteiger partial charge >= 0.3 is 5.97 Å². The largest absolute Gasteiger partial charge is 0.489 e. The number of rotatable bonds is 20. The zero-order chi connectivity index (χ0) is 34.4. The van der Waals surface area contributed by atoms with Gasteiger partial charge in [0.25, 0.3) is 0 Å². The van der Waals surface area contributed by atoms with E-state index in [9.17, 15) is 9.59 Å². The van der Waals surface area contributed by atoms with Gasteiger partial charge in [-0.25, -0.2) is 0 Å². The molecule has 2 aromatic rings. The number of ketones is 1. The van der Waals surface area contributed by atoms with Crippen LogP contribution in [-0.4, -0.2) is 60.0 Å². The van der Waals surface area contributed by atoms with Crippen LogP contribution in [0.1, 0.15) is 95.8 Å². The van der Waals surface area contributed by atoms with E-state index in [-0.39, 0.29) is 29.7 Å². The third-order valence-corrected chi connectivity index (χ3v) is 11.8. The molecule has 0 aliphatic heterocycles. The second-order valence-corrected chi connectivity index (χ2v) is 14.2. The number of unbranched alkanes of at least 4 members (excludes halogenated alkanes) is 1. The van der Waals surface area contributed by atoms with Crippen LogP contribution in [0.25, 0.3) is 0 Å². The van der Waals surface area contributed by atoms with Crippen LogP contribution in [0.3, 0.4) is 0 Å². The van der Waals surface area contributed by atoms with Gasteiger partial charge in [0.2, 0.25) is 0 Å². The molecule has 262 valence electrons. The molecular formula is C41H56INO5. The Morgan fingerprint density at radius 2 is 1.79 bits per heavy atom. The normalized spacial score (nSPS) is 18.8. The number of halogens is 1. The van der Waals surface area contributed by atoms with Gasteiger partial charge in [-0.1, -0.05) is 96.6 Å². The zero-order valence-electron chi connectivity index (χ0n) is 29.6. The maximum atomic E-state index is 12.5. The van der Waals surface area contributed by atoms with E-state index < -0.39 is 0 Å². The topological polar surface area (TPSA) is 65.1 Å². The number of alkyl halides is 1. The lowest BCUT2D eigenvalue weighted by atomic mass is 9.78. The summed E-state index contributed by atoms with van der Waals surface area (Å²) in [4.78, 5) is 27.4. The zero-order valence-corrected chi connectivity index (χ0v) is 31.8. The molecule has 0 saturated heterocycles. The van der Waals surface area contributed by atoms with E-state index >= 15 is 0 Å². The number of carbonyl (C=O) groups excluding carboxylic acids is 2. The Morgan fingerprint density at radius 3 is 2.52 bits per heavy atom. The lowest BCUT2D eigenvalue weighted by molar-refractivity contribution is -0.146. The van der Waals surface area contributed by atoms with Crippen molar-refractivity contribution >= 4 is 34.3 Å². The molecule has 0 spiro atoms. The Bertz CT molecular complexity index is 1380. The molecule has 0 aromatic heterocycles. The summed E-state index contributed by atoms with van der Waals surface area (Å²) in [6.45, 7) is 11.9. The molecule has 0 amide bonds. The number of benzene rings is 2. The van der Waals surface area contributed by atoms with Crippen LogP contribution < -0.4 is 4.74 Å². The minimum Gasteiger partial charge on any atom is -0.489 e. The van der Waals surface area contributed by atoms with E-state index in [1.54, 1.807) is 0 Å². The number of allylic oxidation sites excluding steroid dienone is 1. The predicted octanol–water partition coefficient (Wildman–Crippen LogP) is 8.98. The van der Waals surface area contributed by atoms with Crippen molar-refractivity contribution in [2.75, 3.05) is 37.3 Å². The van der Waals surface area contributed by atoms with E-state index in [1.807, 2.05) is 13.8 Å². The van der Waals surface area contributed by atoms with E-state index in [4.69, 9.17) is 14.2 Å². The number of hydrogen-bond acceptors (Lipinski definition) is 6. The minimum atomic E-state index is -0.185. The fourth-order valence-electron chi connectivity index (χ4n) is 6.84. The molecular weight excluding hydrogens is 713 g/mol. The van der Waals surface area contributed by atoms with Crippen molar-refractivity contribution < 1.29 is 23.8 Å². The molecule has 0 N–H and O–H groups in total. The molecule has 0 heterocycles. The monoisotopic (exact) mass is 769 g/mol. The summed E-state index contributed by atoms with van der Waals surface area (Å²) in [7, 11) is 0. The summed E-state index contributed by atoms with van der Waals surface area (Å²) in [5.74, 6) is 0.807. The van der Waals surface area contributed by atoms with Gasteiger partial charge in [-0.15, -0.1) is 0 Å². The average Bonchev–Trinajstić information content (AvgIpc) is 3.12. The number of ether oxygens (including phenoxy) is 3. The van der Waals surface area contributed by atoms with Gasteiger partial charge in [0.1, 0.15) is 19.0 Å². The highest BCUT2D eigenvalue weighted by molar-refractivity contribution is 14.1. The Balaban J connectivity index is 1.44. The van der Waals surface area contributed by atoms with Crippen LogP contribution in [0.2, 0.25) is 0 Å². The first-order valence-electron chi connectivity index (χ1n) is 18.1. The van der Waals surface area contributed by atoms with Crippen LogP contribution in [-0.2, 0) is 37.5 Å². The fraction of sp³-hybridized carbons (Fsp3) is 0.561. The van der Waals surface area contributed by atoms with Crippen molar-refractivity contribution in [3.8, 4) is 5.75 Å². The van der Waals surface area contributed by atoms with E-state index in [0.717, 1.165) is 74.6 Å². The summed E-state index contributed by atoms with van der Waals surface area (Å²) in [5, 5.41) is 0. The maximum absolute atomic E-state index is 12.5. The first-order chi connectivity index (χ1) is 23.3. The highest BCUT2D eigenvalue weighted by Crippen LogP contribution is 2.37. The molecule has 7 heteroatoms. The predicted molar refractivity (Wildman–Crippen MR) is 203 cm³/mol. The Morgan fingerprint density at radius 1 is 1.00 bits per heavy atom. The molecule has 4 rings (SSSR count). The van der Waals surface area contributed by atoms with E-state index in [0.29, 0.717) is 32.3 Å². The smallest absolute Gasteiger partial charge is 0.313 e. The van der Waals surface area contributed by atoms with Crippen molar-refractivity contribution in [3.05, 3.63) is 88.5 Å². The molecule has 2 aromatic carbocycles. The van der Waals surface area contributed by atoms with Crippen molar-refractivity contribution in [2.45, 2.75) is 104 Å². The van der Waals surface area contributed by atoms with E-state index in [2.05, 4.69) is 102 Å². The fourth-order valence-corrected chi connectivity index (χ4v) is 7.82. The average molecular weight is 770 g/mol. The number of esters is 1. The molecule has 48 heavy (non-hydrogen) atoms. The number of para-hydroxylation sites is 1. The molecule has 0 saturated carbocycles. The van der Waals surface area contributed by atoms with Gasteiger partial charge in [0, 0.05) is 35.5 Å². The van der Waals surface area contributed by atoms with Gasteiger partial charge in [-0.05, 0) is 100 Å². The summed E-state index contributed by atoms with van der Waals surface area (Å²) in [6, 6.07) is 17.7. The van der Waals surface area contributed by atoms with Gasteiger partial charge in [-0.3, -0.25) is 14.5 Å². The first-order valence-corrected chi connectivity index (χ1v) is 19.6. The van der Waals surface area contributed by atoms with Crippen LogP contribution in [0, 0.1) is 5.92 Å². The highest BCUT2D eigenvalue weighted by atomic mass is 127. The lowest BCUT2D eigenvalue weighted by Gasteiger charge is -2.39.